The zero-order valence-electron chi connectivity index (χ0n) is 14.3. The minimum absolute atomic E-state index is 0.00522. The zero-order chi connectivity index (χ0) is 18.7. The van der Waals surface area contributed by atoms with Crippen molar-refractivity contribution in [2.45, 2.75) is 32.2 Å². The topological polar surface area (TPSA) is 101 Å². The molecule has 2 aromatic carbocycles. The van der Waals surface area contributed by atoms with Crippen LogP contribution in [-0.2, 0) is 11.2 Å². The Morgan fingerprint density at radius 1 is 1.15 bits per heavy atom. The molecule has 0 atom stereocenters. The van der Waals surface area contributed by atoms with E-state index in [0.717, 1.165) is 18.4 Å². The number of nitro benzene ring substituents is 1. The fourth-order valence-corrected chi connectivity index (χ4v) is 2.60. The number of nitro groups is 1. The second kappa shape index (κ2) is 7.35. The number of hydrogen-bond donors (Lipinski definition) is 2. The monoisotopic (exact) mass is 353 g/mol. The summed E-state index contributed by atoms with van der Waals surface area (Å²) in [5.41, 5.74) is 2.22. The molecule has 26 heavy (non-hydrogen) atoms. The number of anilines is 1. The third-order valence-electron chi connectivity index (χ3n) is 4.17. The van der Waals surface area contributed by atoms with Gasteiger partial charge in [-0.2, -0.15) is 0 Å². The zero-order valence-corrected chi connectivity index (χ0v) is 14.3. The number of hydrogen-bond acceptors (Lipinski definition) is 4. The van der Waals surface area contributed by atoms with Crippen LogP contribution in [0.25, 0.3) is 0 Å². The maximum atomic E-state index is 12.3. The largest absolute Gasteiger partial charge is 0.353 e. The first-order valence-electron chi connectivity index (χ1n) is 8.37. The van der Waals surface area contributed by atoms with Crippen molar-refractivity contribution in [1.82, 2.24) is 5.32 Å². The molecule has 7 heteroatoms. The molecule has 0 bridgehead atoms. The summed E-state index contributed by atoms with van der Waals surface area (Å²) in [6, 6.07) is 11.6. The first-order chi connectivity index (χ1) is 12.4. The number of rotatable bonds is 6. The molecule has 0 saturated heterocycles. The lowest BCUT2D eigenvalue weighted by Gasteiger charge is -2.08. The summed E-state index contributed by atoms with van der Waals surface area (Å²) in [6.45, 7) is 1.59. The smallest absolute Gasteiger partial charge is 0.272 e. The van der Waals surface area contributed by atoms with Crippen LogP contribution in [0.5, 0.6) is 0 Å². The van der Waals surface area contributed by atoms with Crippen molar-refractivity contribution in [2.75, 3.05) is 5.32 Å². The summed E-state index contributed by atoms with van der Waals surface area (Å²) >= 11 is 0. The molecule has 7 nitrogen and oxygen atoms in total. The van der Waals surface area contributed by atoms with E-state index in [1.54, 1.807) is 31.2 Å². The van der Waals surface area contributed by atoms with Gasteiger partial charge >= 0.3 is 0 Å². The molecular weight excluding hydrogens is 334 g/mol. The second-order valence-corrected chi connectivity index (χ2v) is 6.43. The number of aryl methyl sites for hydroxylation is 1. The van der Waals surface area contributed by atoms with E-state index in [-0.39, 0.29) is 17.5 Å². The lowest BCUT2D eigenvalue weighted by molar-refractivity contribution is -0.385. The Labute approximate surface area is 150 Å². The maximum absolute atomic E-state index is 12.3. The van der Waals surface area contributed by atoms with Crippen LogP contribution < -0.4 is 10.6 Å². The van der Waals surface area contributed by atoms with E-state index in [4.69, 9.17) is 0 Å². The van der Waals surface area contributed by atoms with Crippen molar-refractivity contribution >= 4 is 23.2 Å². The average molecular weight is 353 g/mol. The van der Waals surface area contributed by atoms with Crippen LogP contribution in [0.15, 0.2) is 42.5 Å². The van der Waals surface area contributed by atoms with Gasteiger partial charge in [0.15, 0.2) is 0 Å². The normalized spacial score (nSPS) is 13.1. The van der Waals surface area contributed by atoms with Crippen molar-refractivity contribution in [3.63, 3.8) is 0 Å². The van der Waals surface area contributed by atoms with Gasteiger partial charge in [-0.1, -0.05) is 12.1 Å². The molecule has 2 N–H and O–H groups in total. The highest BCUT2D eigenvalue weighted by Crippen LogP contribution is 2.20. The average Bonchev–Trinajstić information content (AvgIpc) is 3.40. The van der Waals surface area contributed by atoms with Crippen LogP contribution in [0.2, 0.25) is 0 Å². The van der Waals surface area contributed by atoms with Gasteiger partial charge in [-0.15, -0.1) is 0 Å². The fraction of sp³-hybridized carbons (Fsp3) is 0.263. The van der Waals surface area contributed by atoms with Gasteiger partial charge in [-0.25, -0.2) is 0 Å². The molecule has 1 saturated carbocycles. The van der Waals surface area contributed by atoms with Crippen molar-refractivity contribution in [3.8, 4) is 0 Å². The minimum atomic E-state index is -0.477. The van der Waals surface area contributed by atoms with E-state index in [2.05, 4.69) is 10.6 Å². The summed E-state index contributed by atoms with van der Waals surface area (Å²) in [7, 11) is 0. The van der Waals surface area contributed by atoms with E-state index in [9.17, 15) is 19.7 Å². The van der Waals surface area contributed by atoms with Crippen molar-refractivity contribution in [2.24, 2.45) is 0 Å². The van der Waals surface area contributed by atoms with Crippen LogP contribution in [0.1, 0.15) is 34.3 Å². The standard InChI is InChI=1S/C19H19N3O4/c1-12-10-14(4-9-17(12)22(25)26)19(24)21-16-5-2-13(3-6-16)11-18(23)20-15-7-8-15/h2-6,9-10,15H,7-8,11H2,1H3,(H,20,23)(H,21,24). The summed E-state index contributed by atoms with van der Waals surface area (Å²) in [4.78, 5) is 34.4. The van der Waals surface area contributed by atoms with Crippen LogP contribution in [0.4, 0.5) is 11.4 Å². The predicted octanol–water partition coefficient (Wildman–Crippen LogP) is 2.98. The minimum Gasteiger partial charge on any atom is -0.353 e. The number of benzene rings is 2. The highest BCUT2D eigenvalue weighted by atomic mass is 16.6. The Bertz CT molecular complexity index is 858. The Kier molecular flexibility index (Phi) is 4.97. The molecule has 1 fully saturated rings. The first-order valence-corrected chi connectivity index (χ1v) is 8.37. The molecule has 2 aromatic rings. The Hall–Kier alpha value is -3.22. The van der Waals surface area contributed by atoms with Crippen LogP contribution in [0.3, 0.4) is 0 Å². The van der Waals surface area contributed by atoms with Gasteiger partial charge < -0.3 is 10.6 Å². The molecule has 1 aliphatic rings. The Balaban J connectivity index is 1.61. The first kappa shape index (κ1) is 17.6. The predicted molar refractivity (Wildman–Crippen MR) is 97.1 cm³/mol. The third-order valence-corrected chi connectivity index (χ3v) is 4.17. The molecule has 0 radical (unpaired) electrons. The molecule has 0 heterocycles. The Morgan fingerprint density at radius 2 is 1.85 bits per heavy atom. The molecule has 1 aliphatic carbocycles. The van der Waals surface area contributed by atoms with Crippen LogP contribution in [0, 0.1) is 17.0 Å². The van der Waals surface area contributed by atoms with Gasteiger partial charge in [-0.05, 0) is 49.6 Å². The van der Waals surface area contributed by atoms with Gasteiger partial charge in [0.25, 0.3) is 11.6 Å². The quantitative estimate of drug-likeness (QED) is 0.616. The van der Waals surface area contributed by atoms with Crippen LogP contribution in [-0.4, -0.2) is 22.8 Å². The lowest BCUT2D eigenvalue weighted by atomic mass is 10.1. The number of amides is 2. The van der Waals surface area contributed by atoms with Crippen molar-refractivity contribution in [1.29, 1.82) is 0 Å². The summed E-state index contributed by atoms with van der Waals surface area (Å²) < 4.78 is 0. The summed E-state index contributed by atoms with van der Waals surface area (Å²) in [5, 5.41) is 16.5. The van der Waals surface area contributed by atoms with Crippen molar-refractivity contribution < 1.29 is 14.5 Å². The number of carbonyl (C=O) groups excluding carboxylic acids is 2. The van der Waals surface area contributed by atoms with Gasteiger partial charge in [0.1, 0.15) is 0 Å². The van der Waals surface area contributed by atoms with E-state index >= 15 is 0 Å². The SMILES string of the molecule is Cc1cc(C(=O)Nc2ccc(CC(=O)NC3CC3)cc2)ccc1[N+](=O)[O-]. The second-order valence-electron chi connectivity index (χ2n) is 6.43. The molecule has 2 amide bonds. The van der Waals surface area contributed by atoms with E-state index < -0.39 is 4.92 Å². The van der Waals surface area contributed by atoms with Gasteiger partial charge in [0.05, 0.1) is 11.3 Å². The molecule has 134 valence electrons. The van der Waals surface area contributed by atoms with Crippen LogP contribution >= 0.6 is 0 Å². The molecule has 0 spiro atoms. The lowest BCUT2D eigenvalue weighted by Crippen LogP contribution is -2.26. The molecule has 0 aliphatic heterocycles. The van der Waals surface area contributed by atoms with E-state index in [1.165, 1.54) is 18.2 Å². The highest BCUT2D eigenvalue weighted by molar-refractivity contribution is 6.04. The van der Waals surface area contributed by atoms with E-state index in [1.807, 2.05) is 0 Å². The summed E-state index contributed by atoms with van der Waals surface area (Å²) in [6.07, 6.45) is 2.42. The highest BCUT2D eigenvalue weighted by Gasteiger charge is 2.23. The number of carbonyl (C=O) groups is 2. The van der Waals surface area contributed by atoms with Gasteiger partial charge in [0, 0.05) is 28.9 Å². The number of nitrogens with one attached hydrogen (secondary N) is 2. The van der Waals surface area contributed by atoms with E-state index in [0.29, 0.717) is 29.3 Å². The third kappa shape index (κ3) is 4.44. The summed E-state index contributed by atoms with van der Waals surface area (Å²) in [5.74, 6) is -0.340. The molecule has 0 unspecified atom stereocenters. The fourth-order valence-electron chi connectivity index (χ4n) is 2.60. The van der Waals surface area contributed by atoms with Gasteiger partial charge in [0.2, 0.25) is 5.91 Å². The van der Waals surface area contributed by atoms with Crippen molar-refractivity contribution in [3.05, 3.63) is 69.3 Å². The molecular formula is C19H19N3O4. The number of nitrogens with zero attached hydrogens (tertiary/aromatic N) is 1. The molecule has 0 aromatic heterocycles. The maximum Gasteiger partial charge on any atom is 0.272 e. The molecule has 3 rings (SSSR count). The van der Waals surface area contributed by atoms with Gasteiger partial charge in [-0.3, -0.25) is 19.7 Å². The Morgan fingerprint density at radius 3 is 2.42 bits per heavy atom.